The second-order valence-corrected chi connectivity index (χ2v) is 6.63. The fraction of sp³-hybridized carbons (Fsp3) is 0.250. The van der Waals surface area contributed by atoms with Crippen molar-refractivity contribution in [2.75, 3.05) is 10.0 Å². The van der Waals surface area contributed by atoms with Gasteiger partial charge in [-0.15, -0.1) is 0 Å². The third-order valence-corrected chi connectivity index (χ3v) is 4.61. The highest BCUT2D eigenvalue weighted by molar-refractivity contribution is 7.92. The van der Waals surface area contributed by atoms with E-state index in [4.69, 9.17) is 0 Å². The Morgan fingerprint density at radius 1 is 0.952 bits per heavy atom. The van der Waals surface area contributed by atoms with Crippen molar-refractivity contribution in [2.45, 2.75) is 31.2 Å². The molecule has 1 unspecified atom stereocenters. The van der Waals surface area contributed by atoms with Crippen molar-refractivity contribution in [2.24, 2.45) is 0 Å². The van der Waals surface area contributed by atoms with E-state index in [1.54, 1.807) is 42.5 Å². The molecule has 2 rings (SSSR count). The van der Waals surface area contributed by atoms with E-state index < -0.39 is 10.0 Å². The Morgan fingerprint density at radius 2 is 1.52 bits per heavy atom. The summed E-state index contributed by atoms with van der Waals surface area (Å²) < 4.78 is 26.9. The van der Waals surface area contributed by atoms with Crippen molar-refractivity contribution < 1.29 is 8.42 Å². The standard InChI is InChI=1S/C16H20N2O2S/c1-3-13(2)17-14-9-11-15(12-10-14)18-21(19,20)16-7-5-4-6-8-16/h4-13,17-18H,3H2,1-2H3. The van der Waals surface area contributed by atoms with E-state index in [2.05, 4.69) is 23.9 Å². The smallest absolute Gasteiger partial charge is 0.261 e. The van der Waals surface area contributed by atoms with Crippen LogP contribution in [0.2, 0.25) is 0 Å². The fourth-order valence-electron chi connectivity index (χ4n) is 1.83. The van der Waals surface area contributed by atoms with Gasteiger partial charge in [-0.1, -0.05) is 25.1 Å². The van der Waals surface area contributed by atoms with E-state index in [1.807, 2.05) is 12.1 Å². The van der Waals surface area contributed by atoms with Gasteiger partial charge in [0.1, 0.15) is 0 Å². The molecule has 0 saturated heterocycles. The van der Waals surface area contributed by atoms with Gasteiger partial charge in [0, 0.05) is 17.4 Å². The summed E-state index contributed by atoms with van der Waals surface area (Å²) >= 11 is 0. The average Bonchev–Trinajstić information content (AvgIpc) is 2.50. The minimum Gasteiger partial charge on any atom is -0.383 e. The van der Waals surface area contributed by atoms with E-state index in [-0.39, 0.29) is 4.90 Å². The molecule has 4 nitrogen and oxygen atoms in total. The lowest BCUT2D eigenvalue weighted by Crippen LogP contribution is -2.14. The monoisotopic (exact) mass is 304 g/mol. The molecule has 21 heavy (non-hydrogen) atoms. The topological polar surface area (TPSA) is 58.2 Å². The second kappa shape index (κ2) is 6.63. The maximum Gasteiger partial charge on any atom is 0.261 e. The van der Waals surface area contributed by atoms with Crippen molar-refractivity contribution in [3.63, 3.8) is 0 Å². The summed E-state index contributed by atoms with van der Waals surface area (Å²) in [5.74, 6) is 0. The van der Waals surface area contributed by atoms with Crippen molar-refractivity contribution in [3.05, 3.63) is 54.6 Å². The van der Waals surface area contributed by atoms with E-state index in [0.717, 1.165) is 12.1 Å². The number of sulfonamides is 1. The molecule has 0 saturated carbocycles. The normalized spacial score (nSPS) is 12.7. The van der Waals surface area contributed by atoms with Crippen LogP contribution in [0.4, 0.5) is 11.4 Å². The van der Waals surface area contributed by atoms with Gasteiger partial charge in [-0.2, -0.15) is 0 Å². The molecule has 0 fully saturated rings. The van der Waals surface area contributed by atoms with Gasteiger partial charge in [0.25, 0.3) is 10.0 Å². The average molecular weight is 304 g/mol. The van der Waals surface area contributed by atoms with Crippen LogP contribution in [0.25, 0.3) is 0 Å². The van der Waals surface area contributed by atoms with Crippen molar-refractivity contribution >= 4 is 21.4 Å². The fourth-order valence-corrected chi connectivity index (χ4v) is 2.91. The summed E-state index contributed by atoms with van der Waals surface area (Å²) in [6.07, 6.45) is 1.03. The van der Waals surface area contributed by atoms with E-state index in [9.17, 15) is 8.42 Å². The van der Waals surface area contributed by atoms with Gasteiger partial charge in [0.15, 0.2) is 0 Å². The van der Waals surface area contributed by atoms with Crippen LogP contribution in [0.15, 0.2) is 59.5 Å². The predicted octanol–water partition coefficient (Wildman–Crippen LogP) is 3.70. The van der Waals surface area contributed by atoms with Crippen LogP contribution < -0.4 is 10.0 Å². The summed E-state index contributed by atoms with van der Waals surface area (Å²) in [6.45, 7) is 4.21. The first-order valence-corrected chi connectivity index (χ1v) is 8.44. The summed E-state index contributed by atoms with van der Waals surface area (Å²) in [5.41, 5.74) is 1.53. The molecule has 0 aliphatic heterocycles. The minimum atomic E-state index is -3.52. The van der Waals surface area contributed by atoms with Crippen LogP contribution >= 0.6 is 0 Å². The number of anilines is 2. The largest absolute Gasteiger partial charge is 0.383 e. The predicted molar refractivity (Wildman–Crippen MR) is 87.1 cm³/mol. The summed E-state index contributed by atoms with van der Waals surface area (Å²) in [7, 11) is -3.52. The van der Waals surface area contributed by atoms with Gasteiger partial charge in [-0.05, 0) is 49.7 Å². The molecule has 0 amide bonds. The lowest BCUT2D eigenvalue weighted by Gasteiger charge is -2.14. The molecule has 0 aromatic heterocycles. The number of nitrogens with one attached hydrogen (secondary N) is 2. The highest BCUT2D eigenvalue weighted by atomic mass is 32.2. The maximum absolute atomic E-state index is 12.2. The first-order chi connectivity index (χ1) is 10.0. The van der Waals surface area contributed by atoms with Gasteiger partial charge in [0.2, 0.25) is 0 Å². The van der Waals surface area contributed by atoms with Crippen molar-refractivity contribution in [1.82, 2.24) is 0 Å². The first kappa shape index (κ1) is 15.4. The van der Waals surface area contributed by atoms with Crippen LogP contribution in [0.3, 0.4) is 0 Å². The zero-order chi connectivity index (χ0) is 15.3. The SMILES string of the molecule is CCC(C)Nc1ccc(NS(=O)(=O)c2ccccc2)cc1. The Bertz CT molecular complexity index is 667. The zero-order valence-electron chi connectivity index (χ0n) is 12.2. The Labute approximate surface area is 126 Å². The van der Waals surface area contributed by atoms with E-state index in [0.29, 0.717) is 11.7 Å². The molecule has 0 aliphatic carbocycles. The first-order valence-electron chi connectivity index (χ1n) is 6.96. The molecule has 1 atom stereocenters. The maximum atomic E-state index is 12.2. The number of benzene rings is 2. The minimum absolute atomic E-state index is 0.256. The molecule has 0 aliphatic rings. The molecule has 0 spiro atoms. The van der Waals surface area contributed by atoms with Crippen LogP contribution in [0.1, 0.15) is 20.3 Å². The number of hydrogen-bond donors (Lipinski definition) is 2. The van der Waals surface area contributed by atoms with Crippen LogP contribution in [-0.4, -0.2) is 14.5 Å². The highest BCUT2D eigenvalue weighted by Crippen LogP contribution is 2.18. The third-order valence-electron chi connectivity index (χ3n) is 3.22. The lowest BCUT2D eigenvalue weighted by atomic mass is 10.2. The molecule has 5 heteroatoms. The molecule has 0 heterocycles. The molecule has 2 aromatic carbocycles. The third kappa shape index (κ3) is 4.23. The zero-order valence-corrected chi connectivity index (χ0v) is 13.0. The summed E-state index contributed by atoms with van der Waals surface area (Å²) in [6, 6.07) is 16.0. The highest BCUT2D eigenvalue weighted by Gasteiger charge is 2.13. The Kier molecular flexibility index (Phi) is 4.85. The molecule has 0 bridgehead atoms. The summed E-state index contributed by atoms with van der Waals surface area (Å²) in [4.78, 5) is 0.256. The van der Waals surface area contributed by atoms with Gasteiger partial charge in [-0.25, -0.2) is 8.42 Å². The molecule has 2 N–H and O–H groups in total. The quantitative estimate of drug-likeness (QED) is 0.855. The molecule has 0 radical (unpaired) electrons. The summed E-state index contributed by atoms with van der Waals surface area (Å²) in [5, 5.41) is 3.34. The Morgan fingerprint density at radius 3 is 2.10 bits per heavy atom. The molecule has 112 valence electrons. The van der Waals surface area contributed by atoms with Crippen molar-refractivity contribution in [3.8, 4) is 0 Å². The van der Waals surface area contributed by atoms with Gasteiger partial charge >= 0.3 is 0 Å². The van der Waals surface area contributed by atoms with Crippen LogP contribution in [0, 0.1) is 0 Å². The molecule has 2 aromatic rings. The van der Waals surface area contributed by atoms with Gasteiger partial charge < -0.3 is 5.32 Å². The van der Waals surface area contributed by atoms with E-state index in [1.165, 1.54) is 0 Å². The van der Waals surface area contributed by atoms with Crippen molar-refractivity contribution in [1.29, 1.82) is 0 Å². The van der Waals surface area contributed by atoms with E-state index >= 15 is 0 Å². The van der Waals surface area contributed by atoms with Crippen LogP contribution in [0.5, 0.6) is 0 Å². The molecular formula is C16H20N2O2S. The van der Waals surface area contributed by atoms with Gasteiger partial charge in [0.05, 0.1) is 4.90 Å². The lowest BCUT2D eigenvalue weighted by molar-refractivity contribution is 0.601. The Hall–Kier alpha value is -2.01. The van der Waals surface area contributed by atoms with Gasteiger partial charge in [-0.3, -0.25) is 4.72 Å². The number of hydrogen-bond acceptors (Lipinski definition) is 3. The van der Waals surface area contributed by atoms with Crippen LogP contribution in [-0.2, 0) is 10.0 Å². The molecular weight excluding hydrogens is 284 g/mol. The number of rotatable bonds is 6. The second-order valence-electron chi connectivity index (χ2n) is 4.95. The Balaban J connectivity index is 2.10.